The summed E-state index contributed by atoms with van der Waals surface area (Å²) >= 11 is 0. The highest BCUT2D eigenvalue weighted by molar-refractivity contribution is 6.11. The number of hydrogen-bond donors (Lipinski definition) is 2. The summed E-state index contributed by atoms with van der Waals surface area (Å²) in [6.07, 6.45) is 1.32. The number of nitrogens with zero attached hydrogens (tertiary/aromatic N) is 1. The van der Waals surface area contributed by atoms with Crippen LogP contribution in [0.4, 0.5) is 5.69 Å². The Balaban J connectivity index is 1.85. The zero-order valence-electron chi connectivity index (χ0n) is 18.1. The van der Waals surface area contributed by atoms with Crippen molar-refractivity contribution in [1.82, 2.24) is 0 Å². The van der Waals surface area contributed by atoms with E-state index in [1.165, 1.54) is 36.4 Å². The minimum absolute atomic E-state index is 0.0688. The first kappa shape index (κ1) is 23.8. The summed E-state index contributed by atoms with van der Waals surface area (Å²) in [5.41, 5.74) is 0.535. The summed E-state index contributed by atoms with van der Waals surface area (Å²) in [4.78, 5) is 36.3. The highest BCUT2D eigenvalue weighted by atomic mass is 16.6. The highest BCUT2D eigenvalue weighted by Gasteiger charge is 2.16. The molecular formula is C26H20N2O6. The second-order valence-corrected chi connectivity index (χ2v) is 6.87. The first-order chi connectivity index (χ1) is 16.4. The second-order valence-electron chi connectivity index (χ2n) is 6.87. The van der Waals surface area contributed by atoms with Crippen molar-refractivity contribution in [2.45, 2.75) is 6.92 Å². The third kappa shape index (κ3) is 5.87. The number of carboxylic acids is 1. The number of ether oxygens (including phenoxy) is 2. The van der Waals surface area contributed by atoms with Crippen LogP contribution < -0.4 is 14.8 Å². The summed E-state index contributed by atoms with van der Waals surface area (Å²) < 4.78 is 11.0. The number of carbonyl (C=O) groups excluding carboxylic acids is 2. The van der Waals surface area contributed by atoms with E-state index in [0.717, 1.165) is 0 Å². The topological polar surface area (TPSA) is 126 Å². The van der Waals surface area contributed by atoms with Gasteiger partial charge in [-0.1, -0.05) is 36.4 Å². The maximum Gasteiger partial charge on any atom is 0.343 e. The fraction of sp³-hybridized carbons (Fsp3) is 0.0769. The molecule has 3 aromatic rings. The number of carbonyl (C=O) groups is 3. The Morgan fingerprint density at radius 1 is 1.00 bits per heavy atom. The van der Waals surface area contributed by atoms with E-state index >= 15 is 0 Å². The minimum Gasteiger partial charge on any atom is -0.490 e. The number of hydrogen-bond acceptors (Lipinski definition) is 6. The average molecular weight is 456 g/mol. The molecule has 3 aromatic carbocycles. The SMILES string of the molecule is CCOc1cc(/C=C(\C#N)C(=O)Nc2ccccc2C(=O)O)ccc1OC(=O)c1ccccc1. The smallest absolute Gasteiger partial charge is 0.343 e. The van der Waals surface area contributed by atoms with E-state index in [1.807, 2.05) is 6.07 Å². The molecule has 0 bridgehead atoms. The van der Waals surface area contributed by atoms with Crippen LogP contribution in [0.25, 0.3) is 6.08 Å². The lowest BCUT2D eigenvalue weighted by atomic mass is 10.1. The number of anilines is 1. The van der Waals surface area contributed by atoms with Gasteiger partial charge in [0.05, 0.1) is 23.4 Å². The molecule has 0 aliphatic heterocycles. The molecule has 170 valence electrons. The van der Waals surface area contributed by atoms with Crippen molar-refractivity contribution in [2.24, 2.45) is 0 Å². The molecule has 0 saturated carbocycles. The lowest BCUT2D eigenvalue weighted by Crippen LogP contribution is -2.16. The third-order valence-corrected chi connectivity index (χ3v) is 4.56. The van der Waals surface area contributed by atoms with E-state index < -0.39 is 17.8 Å². The van der Waals surface area contributed by atoms with Crippen molar-refractivity contribution in [3.63, 3.8) is 0 Å². The molecule has 0 aromatic heterocycles. The Labute approximate surface area is 195 Å². The molecule has 8 nitrogen and oxygen atoms in total. The first-order valence-electron chi connectivity index (χ1n) is 10.2. The van der Waals surface area contributed by atoms with E-state index in [4.69, 9.17) is 9.47 Å². The maximum absolute atomic E-state index is 12.6. The van der Waals surface area contributed by atoms with Crippen LogP contribution in [0.1, 0.15) is 33.2 Å². The van der Waals surface area contributed by atoms with Gasteiger partial charge in [0, 0.05) is 0 Å². The summed E-state index contributed by atoms with van der Waals surface area (Å²) in [7, 11) is 0. The van der Waals surface area contributed by atoms with Gasteiger partial charge in [0.25, 0.3) is 5.91 Å². The van der Waals surface area contributed by atoms with Gasteiger partial charge in [-0.3, -0.25) is 4.79 Å². The molecule has 0 aliphatic rings. The van der Waals surface area contributed by atoms with Crippen molar-refractivity contribution in [2.75, 3.05) is 11.9 Å². The number of nitriles is 1. The molecule has 1 amide bonds. The predicted molar refractivity (Wildman–Crippen MR) is 125 cm³/mol. The minimum atomic E-state index is -1.21. The molecule has 0 unspecified atom stereocenters. The number of rotatable bonds is 8. The van der Waals surface area contributed by atoms with Crippen molar-refractivity contribution in [1.29, 1.82) is 5.26 Å². The summed E-state index contributed by atoms with van der Waals surface area (Å²) in [5, 5.41) is 21.2. The lowest BCUT2D eigenvalue weighted by molar-refractivity contribution is -0.112. The van der Waals surface area contributed by atoms with Crippen LogP contribution in [0.5, 0.6) is 11.5 Å². The number of nitrogens with one attached hydrogen (secondary N) is 1. The summed E-state index contributed by atoms with van der Waals surface area (Å²) in [5.74, 6) is -2.09. The molecular weight excluding hydrogens is 436 g/mol. The van der Waals surface area contributed by atoms with Crippen molar-refractivity contribution in [3.8, 4) is 17.6 Å². The Kier molecular flexibility index (Phi) is 7.76. The average Bonchev–Trinajstić information content (AvgIpc) is 2.84. The summed E-state index contributed by atoms with van der Waals surface area (Å²) in [6.45, 7) is 2.06. The Bertz CT molecular complexity index is 1290. The molecule has 0 spiro atoms. The van der Waals surface area contributed by atoms with E-state index in [-0.39, 0.29) is 28.3 Å². The number of amides is 1. The van der Waals surface area contributed by atoms with Crippen LogP contribution in [0.3, 0.4) is 0 Å². The Hall–Kier alpha value is -4.90. The van der Waals surface area contributed by atoms with Gasteiger partial charge in [0.2, 0.25) is 0 Å². The van der Waals surface area contributed by atoms with E-state index in [1.54, 1.807) is 49.4 Å². The fourth-order valence-electron chi connectivity index (χ4n) is 2.98. The number of esters is 1. The first-order valence-corrected chi connectivity index (χ1v) is 10.2. The van der Waals surface area contributed by atoms with Crippen LogP contribution >= 0.6 is 0 Å². The van der Waals surface area contributed by atoms with Crippen molar-refractivity contribution < 1.29 is 29.0 Å². The zero-order valence-corrected chi connectivity index (χ0v) is 18.1. The van der Waals surface area contributed by atoms with Crippen molar-refractivity contribution >= 4 is 29.6 Å². The van der Waals surface area contributed by atoms with Crippen molar-refractivity contribution in [3.05, 3.63) is 95.1 Å². The van der Waals surface area contributed by atoms with Gasteiger partial charge in [-0.25, -0.2) is 9.59 Å². The number of carboxylic acid groups (broad SMARTS) is 1. The standard InChI is InChI=1S/C26H20N2O6/c1-2-33-23-15-17(12-13-22(23)34-26(32)18-8-4-3-5-9-18)14-19(16-27)24(29)28-21-11-7-6-10-20(21)25(30)31/h3-15H,2H2,1H3,(H,28,29)(H,30,31)/b19-14+. The van der Waals surface area contributed by atoms with Gasteiger partial charge in [-0.2, -0.15) is 5.26 Å². The number of para-hydroxylation sites is 1. The molecule has 0 radical (unpaired) electrons. The number of benzene rings is 3. The molecule has 0 fully saturated rings. The largest absolute Gasteiger partial charge is 0.490 e. The molecule has 8 heteroatoms. The predicted octanol–water partition coefficient (Wildman–Crippen LogP) is 4.55. The van der Waals surface area contributed by atoms with E-state index in [0.29, 0.717) is 17.7 Å². The Morgan fingerprint density at radius 3 is 2.38 bits per heavy atom. The molecule has 0 atom stereocenters. The normalized spacial score (nSPS) is 10.6. The quantitative estimate of drug-likeness (QED) is 0.220. The van der Waals surface area contributed by atoms with Gasteiger partial charge in [0.15, 0.2) is 11.5 Å². The molecule has 0 aliphatic carbocycles. The fourth-order valence-corrected chi connectivity index (χ4v) is 2.98. The maximum atomic E-state index is 12.6. The lowest BCUT2D eigenvalue weighted by Gasteiger charge is -2.12. The van der Waals surface area contributed by atoms with Crippen LogP contribution in [0.2, 0.25) is 0 Å². The van der Waals surface area contributed by atoms with Crippen LogP contribution in [-0.4, -0.2) is 29.6 Å². The molecule has 2 N–H and O–H groups in total. The monoisotopic (exact) mass is 456 g/mol. The zero-order chi connectivity index (χ0) is 24.5. The molecule has 0 saturated heterocycles. The second kappa shape index (κ2) is 11.1. The van der Waals surface area contributed by atoms with Crippen LogP contribution in [0, 0.1) is 11.3 Å². The van der Waals surface area contributed by atoms with Gasteiger partial charge in [0.1, 0.15) is 11.6 Å². The van der Waals surface area contributed by atoms with Gasteiger partial charge < -0.3 is 19.9 Å². The highest BCUT2D eigenvalue weighted by Crippen LogP contribution is 2.30. The molecule has 34 heavy (non-hydrogen) atoms. The van der Waals surface area contributed by atoms with E-state index in [2.05, 4.69) is 5.32 Å². The van der Waals surface area contributed by atoms with Crippen LogP contribution in [0.15, 0.2) is 78.4 Å². The van der Waals surface area contributed by atoms with E-state index in [9.17, 15) is 24.8 Å². The van der Waals surface area contributed by atoms with Crippen LogP contribution in [-0.2, 0) is 4.79 Å². The van der Waals surface area contributed by atoms with Gasteiger partial charge in [-0.05, 0) is 55.0 Å². The van der Waals surface area contributed by atoms with Gasteiger partial charge in [-0.15, -0.1) is 0 Å². The summed E-state index contributed by atoms with van der Waals surface area (Å²) in [6, 6.07) is 20.8. The third-order valence-electron chi connectivity index (χ3n) is 4.56. The van der Waals surface area contributed by atoms with Gasteiger partial charge >= 0.3 is 11.9 Å². The Morgan fingerprint density at radius 2 is 1.71 bits per heavy atom. The number of aromatic carboxylic acids is 1. The molecule has 0 heterocycles. The molecule has 3 rings (SSSR count).